The van der Waals surface area contributed by atoms with Gasteiger partial charge >= 0.3 is 0 Å². The van der Waals surface area contributed by atoms with Crippen LogP contribution in [0, 0.1) is 15.9 Å². The van der Waals surface area contributed by atoms with Crippen LogP contribution in [0.15, 0.2) is 48.5 Å². The van der Waals surface area contributed by atoms with E-state index in [0.29, 0.717) is 24.1 Å². The molecule has 0 fully saturated rings. The van der Waals surface area contributed by atoms with Gasteiger partial charge in [-0.1, -0.05) is 43.3 Å². The average molecular weight is 288 g/mol. The zero-order valence-corrected chi connectivity index (χ0v) is 11.8. The molecule has 0 spiro atoms. The second-order valence-corrected chi connectivity index (χ2v) is 4.72. The van der Waals surface area contributed by atoms with Crippen LogP contribution >= 0.6 is 0 Å². The fourth-order valence-electron chi connectivity index (χ4n) is 2.38. The Bertz CT molecular complexity index is 631. The summed E-state index contributed by atoms with van der Waals surface area (Å²) in [7, 11) is 0. The molecule has 0 aromatic heterocycles. The standard InChI is InChI=1S/C16H17FN2O2/c1-2-18-15(13-8-4-5-9-14(13)17)11-12-7-3-6-10-16(12)19(20)21/h3-10,15,18H,2,11H2,1H3. The van der Waals surface area contributed by atoms with Gasteiger partial charge in [0, 0.05) is 23.2 Å². The summed E-state index contributed by atoms with van der Waals surface area (Å²) in [5, 5.41) is 14.3. The van der Waals surface area contributed by atoms with Crippen molar-refractivity contribution in [3.63, 3.8) is 0 Å². The molecule has 0 saturated heterocycles. The lowest BCUT2D eigenvalue weighted by Crippen LogP contribution is -2.24. The van der Waals surface area contributed by atoms with Crippen molar-refractivity contribution < 1.29 is 9.31 Å². The molecule has 0 saturated carbocycles. The molecule has 4 nitrogen and oxygen atoms in total. The highest BCUT2D eigenvalue weighted by Crippen LogP contribution is 2.26. The second-order valence-electron chi connectivity index (χ2n) is 4.72. The molecular weight excluding hydrogens is 271 g/mol. The first-order valence-electron chi connectivity index (χ1n) is 6.83. The summed E-state index contributed by atoms with van der Waals surface area (Å²) in [6.07, 6.45) is 0.367. The molecule has 5 heteroatoms. The van der Waals surface area contributed by atoms with Gasteiger partial charge in [0.05, 0.1) is 4.92 Å². The van der Waals surface area contributed by atoms with Crippen LogP contribution in [0.25, 0.3) is 0 Å². The van der Waals surface area contributed by atoms with Crippen LogP contribution in [-0.2, 0) is 6.42 Å². The van der Waals surface area contributed by atoms with Crippen molar-refractivity contribution in [3.05, 3.63) is 75.6 Å². The minimum absolute atomic E-state index is 0.0664. The number of nitro groups is 1. The molecule has 21 heavy (non-hydrogen) atoms. The van der Waals surface area contributed by atoms with Gasteiger partial charge in [0.15, 0.2) is 0 Å². The van der Waals surface area contributed by atoms with E-state index in [1.165, 1.54) is 12.1 Å². The summed E-state index contributed by atoms with van der Waals surface area (Å²) in [6.45, 7) is 2.58. The maximum Gasteiger partial charge on any atom is 0.272 e. The summed E-state index contributed by atoms with van der Waals surface area (Å²) in [4.78, 5) is 10.7. The number of halogens is 1. The fraction of sp³-hybridized carbons (Fsp3) is 0.250. The monoisotopic (exact) mass is 288 g/mol. The van der Waals surface area contributed by atoms with Gasteiger partial charge in [-0.2, -0.15) is 0 Å². The summed E-state index contributed by atoms with van der Waals surface area (Å²) < 4.78 is 14.0. The number of rotatable bonds is 6. The van der Waals surface area contributed by atoms with Crippen molar-refractivity contribution >= 4 is 5.69 Å². The van der Waals surface area contributed by atoms with Crippen molar-refractivity contribution in [2.24, 2.45) is 0 Å². The molecule has 2 aromatic rings. The van der Waals surface area contributed by atoms with Gasteiger partial charge in [-0.05, 0) is 19.0 Å². The third kappa shape index (κ3) is 3.64. The molecule has 0 bridgehead atoms. The first-order chi connectivity index (χ1) is 10.1. The minimum atomic E-state index is -0.403. The van der Waals surface area contributed by atoms with Gasteiger partial charge in [0.25, 0.3) is 5.69 Å². The number of para-hydroxylation sites is 1. The summed E-state index contributed by atoms with van der Waals surface area (Å²) in [6, 6.07) is 12.8. The molecule has 0 heterocycles. The first kappa shape index (κ1) is 15.1. The molecule has 2 aromatic carbocycles. The predicted octanol–water partition coefficient (Wildman–Crippen LogP) is 3.63. The van der Waals surface area contributed by atoms with E-state index in [-0.39, 0.29) is 17.5 Å². The molecule has 0 radical (unpaired) electrons. The predicted molar refractivity (Wildman–Crippen MR) is 79.6 cm³/mol. The molecule has 0 aliphatic heterocycles. The highest BCUT2D eigenvalue weighted by molar-refractivity contribution is 5.41. The molecule has 0 aliphatic rings. The Morgan fingerprint density at radius 2 is 1.86 bits per heavy atom. The zero-order chi connectivity index (χ0) is 15.2. The Labute approximate surface area is 122 Å². The maximum absolute atomic E-state index is 14.0. The number of nitrogens with one attached hydrogen (secondary N) is 1. The van der Waals surface area contributed by atoms with E-state index < -0.39 is 4.92 Å². The molecule has 1 unspecified atom stereocenters. The summed E-state index contributed by atoms with van der Waals surface area (Å²) in [5.41, 5.74) is 1.19. The lowest BCUT2D eigenvalue weighted by atomic mass is 9.97. The summed E-state index contributed by atoms with van der Waals surface area (Å²) in [5.74, 6) is -0.304. The first-order valence-corrected chi connectivity index (χ1v) is 6.83. The molecule has 1 N–H and O–H groups in total. The Morgan fingerprint density at radius 1 is 1.19 bits per heavy atom. The molecular formula is C16H17FN2O2. The van der Waals surface area contributed by atoms with Crippen LogP contribution in [0.3, 0.4) is 0 Å². The zero-order valence-electron chi connectivity index (χ0n) is 11.8. The van der Waals surface area contributed by atoms with Gasteiger partial charge in [0.1, 0.15) is 5.82 Å². The van der Waals surface area contributed by atoms with Crippen LogP contribution in [-0.4, -0.2) is 11.5 Å². The fourth-order valence-corrected chi connectivity index (χ4v) is 2.38. The van der Waals surface area contributed by atoms with E-state index in [9.17, 15) is 14.5 Å². The third-order valence-corrected chi connectivity index (χ3v) is 3.34. The van der Waals surface area contributed by atoms with Gasteiger partial charge in [-0.15, -0.1) is 0 Å². The van der Waals surface area contributed by atoms with Gasteiger partial charge in [-0.3, -0.25) is 10.1 Å². The number of hydrogen-bond donors (Lipinski definition) is 1. The second kappa shape index (κ2) is 6.95. The van der Waals surface area contributed by atoms with Gasteiger partial charge in [-0.25, -0.2) is 4.39 Å². The van der Waals surface area contributed by atoms with Crippen molar-refractivity contribution in [2.45, 2.75) is 19.4 Å². The van der Waals surface area contributed by atoms with E-state index >= 15 is 0 Å². The molecule has 110 valence electrons. The van der Waals surface area contributed by atoms with Crippen molar-refractivity contribution in [3.8, 4) is 0 Å². The van der Waals surface area contributed by atoms with Gasteiger partial charge < -0.3 is 5.32 Å². The van der Waals surface area contributed by atoms with E-state index in [0.717, 1.165) is 0 Å². The van der Waals surface area contributed by atoms with Crippen LogP contribution < -0.4 is 5.32 Å². The van der Waals surface area contributed by atoms with Gasteiger partial charge in [0.2, 0.25) is 0 Å². The Kier molecular flexibility index (Phi) is 5.00. The minimum Gasteiger partial charge on any atom is -0.310 e. The number of likely N-dealkylation sites (N-methyl/N-ethyl adjacent to an activating group) is 1. The van der Waals surface area contributed by atoms with E-state index in [4.69, 9.17) is 0 Å². The lowest BCUT2D eigenvalue weighted by Gasteiger charge is -2.19. The van der Waals surface area contributed by atoms with Crippen molar-refractivity contribution in [1.82, 2.24) is 5.32 Å². The molecule has 0 aliphatic carbocycles. The summed E-state index contributed by atoms with van der Waals surface area (Å²) >= 11 is 0. The molecule has 2 rings (SSSR count). The average Bonchev–Trinajstić information content (AvgIpc) is 2.48. The highest BCUT2D eigenvalue weighted by atomic mass is 19.1. The van der Waals surface area contributed by atoms with E-state index in [2.05, 4.69) is 5.32 Å². The number of nitro benzene ring substituents is 1. The quantitative estimate of drug-likeness (QED) is 0.652. The number of benzene rings is 2. The number of nitrogens with zero attached hydrogens (tertiary/aromatic N) is 1. The van der Waals surface area contributed by atoms with E-state index in [1.807, 2.05) is 6.92 Å². The molecule has 1 atom stereocenters. The van der Waals surface area contributed by atoms with Crippen molar-refractivity contribution in [1.29, 1.82) is 0 Å². The normalized spacial score (nSPS) is 12.1. The number of hydrogen-bond acceptors (Lipinski definition) is 3. The van der Waals surface area contributed by atoms with Crippen LogP contribution in [0.2, 0.25) is 0 Å². The largest absolute Gasteiger partial charge is 0.310 e. The van der Waals surface area contributed by atoms with E-state index in [1.54, 1.807) is 36.4 Å². The highest BCUT2D eigenvalue weighted by Gasteiger charge is 2.20. The smallest absolute Gasteiger partial charge is 0.272 e. The lowest BCUT2D eigenvalue weighted by molar-refractivity contribution is -0.385. The topological polar surface area (TPSA) is 55.2 Å². The van der Waals surface area contributed by atoms with Crippen LogP contribution in [0.1, 0.15) is 24.1 Å². The Hall–Kier alpha value is -2.27. The third-order valence-electron chi connectivity index (χ3n) is 3.34. The van der Waals surface area contributed by atoms with Crippen LogP contribution in [0.4, 0.5) is 10.1 Å². The maximum atomic E-state index is 14.0. The van der Waals surface area contributed by atoms with Crippen molar-refractivity contribution in [2.75, 3.05) is 6.54 Å². The molecule has 0 amide bonds. The van der Waals surface area contributed by atoms with Crippen LogP contribution in [0.5, 0.6) is 0 Å². The Morgan fingerprint density at radius 3 is 2.52 bits per heavy atom. The Balaban J connectivity index is 2.33. The SMILES string of the molecule is CCNC(Cc1ccccc1[N+](=O)[O-])c1ccccc1F.